The average molecular weight is 396 g/mol. The molecule has 1 amide bonds. The Bertz CT molecular complexity index is 997. The molecule has 2 aliphatic heterocycles. The van der Waals surface area contributed by atoms with E-state index >= 15 is 0 Å². The number of benzene rings is 1. The minimum atomic E-state index is -0.529. The number of piperidine rings is 1. The molecule has 0 unspecified atom stereocenters. The molecule has 0 aliphatic carbocycles. The van der Waals surface area contributed by atoms with Gasteiger partial charge in [0.25, 0.3) is 5.91 Å². The number of halogens is 1. The highest BCUT2D eigenvalue weighted by Crippen LogP contribution is 2.32. The maximum atomic E-state index is 13.4. The normalized spacial score (nSPS) is 18.4. The van der Waals surface area contributed by atoms with Crippen molar-refractivity contribution >= 4 is 5.91 Å². The summed E-state index contributed by atoms with van der Waals surface area (Å²) >= 11 is 0. The topological polar surface area (TPSA) is 61.5 Å². The van der Waals surface area contributed by atoms with Crippen molar-refractivity contribution < 1.29 is 18.7 Å². The van der Waals surface area contributed by atoms with Gasteiger partial charge in [-0.1, -0.05) is 0 Å². The van der Waals surface area contributed by atoms with Crippen LogP contribution < -0.4 is 0 Å². The molecule has 3 aromatic rings. The predicted octanol–water partition coefficient (Wildman–Crippen LogP) is 2.78. The Kier molecular flexibility index (Phi) is 4.44. The van der Waals surface area contributed by atoms with Gasteiger partial charge >= 0.3 is 0 Å². The number of carbonyl (C=O) groups excluding carboxylic acids is 1. The molecule has 0 bridgehead atoms. The maximum Gasteiger partial charge on any atom is 0.259 e. The average Bonchev–Trinajstić information content (AvgIpc) is 3.49. The van der Waals surface area contributed by atoms with Gasteiger partial charge in [-0.25, -0.2) is 9.07 Å². The van der Waals surface area contributed by atoms with Gasteiger partial charge in [-0.2, -0.15) is 5.10 Å². The first-order chi connectivity index (χ1) is 14.2. The van der Waals surface area contributed by atoms with Crippen molar-refractivity contribution in [1.29, 1.82) is 0 Å². The highest BCUT2D eigenvalue weighted by atomic mass is 19.1. The molecule has 7 nitrogen and oxygen atoms in total. The highest BCUT2D eigenvalue weighted by molar-refractivity contribution is 5.97. The third-order valence-electron chi connectivity index (χ3n) is 5.52. The van der Waals surface area contributed by atoms with Gasteiger partial charge in [-0.05, 0) is 36.4 Å². The highest BCUT2D eigenvalue weighted by Gasteiger charge is 2.41. The summed E-state index contributed by atoms with van der Waals surface area (Å²) in [6.45, 7) is 2.34. The van der Waals surface area contributed by atoms with E-state index in [4.69, 9.17) is 9.47 Å². The fraction of sp³-hybridized carbons (Fsp3) is 0.333. The van der Waals surface area contributed by atoms with Crippen molar-refractivity contribution in [3.63, 3.8) is 0 Å². The maximum absolute atomic E-state index is 13.4. The first-order valence-electron chi connectivity index (χ1n) is 9.70. The Morgan fingerprint density at radius 1 is 1.03 bits per heavy atom. The van der Waals surface area contributed by atoms with Gasteiger partial charge < -0.3 is 18.9 Å². The quantitative estimate of drug-likeness (QED) is 0.683. The number of rotatable bonds is 3. The van der Waals surface area contributed by atoms with Crippen molar-refractivity contribution in [2.75, 3.05) is 26.3 Å². The summed E-state index contributed by atoms with van der Waals surface area (Å²) in [5.41, 5.74) is 1.18. The van der Waals surface area contributed by atoms with E-state index in [0.29, 0.717) is 56.2 Å². The van der Waals surface area contributed by atoms with Gasteiger partial charge in [-0.15, -0.1) is 0 Å². The monoisotopic (exact) mass is 396 g/mol. The lowest BCUT2D eigenvalue weighted by Gasteiger charge is -2.37. The molecule has 2 saturated heterocycles. The van der Waals surface area contributed by atoms with Crippen molar-refractivity contribution in [3.05, 3.63) is 66.4 Å². The number of hydrogen-bond acceptors (Lipinski definition) is 4. The standard InChI is InChI=1S/C21H21FN4O3/c22-16-3-5-17(6-4-16)26-19(24-9-1-2-10-24)18(15-23-26)20(27)25-11-7-21(8-12-25)28-13-14-29-21/h1-6,9-10,15H,7-8,11-14H2. The number of ether oxygens (including phenoxy) is 2. The van der Waals surface area contributed by atoms with Gasteiger partial charge in [0.1, 0.15) is 11.4 Å². The number of likely N-dealkylation sites (tertiary alicyclic amines) is 1. The molecule has 0 radical (unpaired) electrons. The molecule has 2 fully saturated rings. The third-order valence-corrected chi connectivity index (χ3v) is 5.52. The fourth-order valence-corrected chi connectivity index (χ4v) is 3.99. The van der Waals surface area contributed by atoms with Crippen LogP contribution in [0.4, 0.5) is 4.39 Å². The number of nitrogens with zero attached hydrogens (tertiary/aromatic N) is 4. The van der Waals surface area contributed by atoms with Crippen LogP contribution in [0, 0.1) is 5.82 Å². The summed E-state index contributed by atoms with van der Waals surface area (Å²) in [6, 6.07) is 9.81. The Hall–Kier alpha value is -2.97. The molecule has 5 rings (SSSR count). The zero-order valence-corrected chi connectivity index (χ0v) is 15.8. The second-order valence-corrected chi connectivity index (χ2v) is 7.26. The molecular formula is C21H21FN4O3. The van der Waals surface area contributed by atoms with Crippen molar-refractivity contribution in [2.24, 2.45) is 0 Å². The zero-order valence-electron chi connectivity index (χ0n) is 15.8. The lowest BCUT2D eigenvalue weighted by Crippen LogP contribution is -2.47. The van der Waals surface area contributed by atoms with E-state index in [1.807, 2.05) is 34.0 Å². The summed E-state index contributed by atoms with van der Waals surface area (Å²) in [4.78, 5) is 15.2. The molecule has 1 aromatic carbocycles. The van der Waals surface area contributed by atoms with E-state index in [1.54, 1.807) is 23.0 Å². The SMILES string of the molecule is O=C(c1cnn(-c2ccc(F)cc2)c1-n1cccc1)N1CCC2(CC1)OCCO2. The van der Waals surface area contributed by atoms with Gasteiger partial charge in [0, 0.05) is 38.3 Å². The molecule has 2 aromatic heterocycles. The Labute approximate surface area is 167 Å². The van der Waals surface area contributed by atoms with Crippen LogP contribution in [0.1, 0.15) is 23.2 Å². The van der Waals surface area contributed by atoms with E-state index in [2.05, 4.69) is 5.10 Å². The van der Waals surface area contributed by atoms with Crippen LogP contribution in [0.5, 0.6) is 0 Å². The molecule has 0 atom stereocenters. The van der Waals surface area contributed by atoms with Gasteiger partial charge in [-0.3, -0.25) is 4.79 Å². The third kappa shape index (κ3) is 3.24. The van der Waals surface area contributed by atoms with Crippen LogP contribution in [0.15, 0.2) is 55.0 Å². The zero-order chi connectivity index (χ0) is 19.8. The van der Waals surface area contributed by atoms with Crippen molar-refractivity contribution in [2.45, 2.75) is 18.6 Å². The van der Waals surface area contributed by atoms with E-state index in [1.165, 1.54) is 12.1 Å². The molecule has 29 heavy (non-hydrogen) atoms. The molecule has 2 aliphatic rings. The summed E-state index contributed by atoms with van der Waals surface area (Å²) in [5, 5.41) is 4.44. The first-order valence-corrected chi connectivity index (χ1v) is 9.70. The minimum Gasteiger partial charge on any atom is -0.347 e. The summed E-state index contributed by atoms with van der Waals surface area (Å²) < 4.78 is 28.4. The van der Waals surface area contributed by atoms with Crippen LogP contribution in [0.3, 0.4) is 0 Å². The molecule has 0 N–H and O–H groups in total. The smallest absolute Gasteiger partial charge is 0.259 e. The summed E-state index contributed by atoms with van der Waals surface area (Å²) in [7, 11) is 0. The van der Waals surface area contributed by atoms with Gasteiger partial charge in [0.2, 0.25) is 0 Å². The lowest BCUT2D eigenvalue weighted by molar-refractivity contribution is -0.181. The van der Waals surface area contributed by atoms with Gasteiger partial charge in [0.15, 0.2) is 11.6 Å². The second kappa shape index (κ2) is 7.13. The van der Waals surface area contributed by atoms with E-state index in [-0.39, 0.29) is 11.7 Å². The molecule has 150 valence electrons. The number of carbonyl (C=O) groups is 1. The lowest BCUT2D eigenvalue weighted by atomic mass is 10.0. The molecular weight excluding hydrogens is 375 g/mol. The predicted molar refractivity (Wildman–Crippen MR) is 103 cm³/mol. The van der Waals surface area contributed by atoms with Crippen LogP contribution in [0.25, 0.3) is 11.5 Å². The van der Waals surface area contributed by atoms with Gasteiger partial charge in [0.05, 0.1) is 25.1 Å². The molecule has 8 heteroatoms. The second-order valence-electron chi connectivity index (χ2n) is 7.26. The Balaban J connectivity index is 1.47. The Morgan fingerprint density at radius 2 is 1.69 bits per heavy atom. The number of hydrogen-bond donors (Lipinski definition) is 0. The summed E-state index contributed by atoms with van der Waals surface area (Å²) in [6.07, 6.45) is 6.61. The largest absolute Gasteiger partial charge is 0.347 e. The molecule has 0 saturated carbocycles. The van der Waals surface area contributed by atoms with E-state index in [0.717, 1.165) is 0 Å². The van der Waals surface area contributed by atoms with E-state index in [9.17, 15) is 9.18 Å². The number of amides is 1. The van der Waals surface area contributed by atoms with Crippen LogP contribution in [-0.2, 0) is 9.47 Å². The molecule has 4 heterocycles. The van der Waals surface area contributed by atoms with Crippen molar-refractivity contribution in [1.82, 2.24) is 19.2 Å². The fourth-order valence-electron chi connectivity index (χ4n) is 3.99. The van der Waals surface area contributed by atoms with Crippen LogP contribution in [0.2, 0.25) is 0 Å². The van der Waals surface area contributed by atoms with E-state index < -0.39 is 5.79 Å². The minimum absolute atomic E-state index is 0.0880. The molecule has 1 spiro atoms. The first kappa shape index (κ1) is 18.1. The van der Waals surface area contributed by atoms with Crippen molar-refractivity contribution in [3.8, 4) is 11.5 Å². The van der Waals surface area contributed by atoms with Crippen LogP contribution >= 0.6 is 0 Å². The number of aromatic nitrogens is 3. The van der Waals surface area contributed by atoms with Crippen LogP contribution in [-0.4, -0.2) is 57.2 Å². The summed E-state index contributed by atoms with van der Waals surface area (Å²) in [5.74, 6) is -0.313. The Morgan fingerprint density at radius 3 is 2.34 bits per heavy atom.